The van der Waals surface area contributed by atoms with E-state index >= 15 is 0 Å². The Morgan fingerprint density at radius 2 is 1.63 bits per heavy atom. The van der Waals surface area contributed by atoms with Gasteiger partial charge in [0.25, 0.3) is 0 Å². The molecule has 2 atom stereocenters. The van der Waals surface area contributed by atoms with E-state index in [4.69, 9.17) is 9.53 Å². The second-order valence-corrected chi connectivity index (χ2v) is 11.2. The highest BCUT2D eigenvalue weighted by Crippen LogP contribution is 2.37. The number of rotatable bonds is 6. The van der Waals surface area contributed by atoms with Crippen LogP contribution >= 0.6 is 0 Å². The Balaban J connectivity index is 4.37. The molecule has 7 heteroatoms. The third-order valence-corrected chi connectivity index (χ3v) is 8.18. The minimum atomic E-state index is -4.49. The van der Waals surface area contributed by atoms with E-state index in [2.05, 4.69) is 0 Å². The monoisotopic (exact) mass is 302 g/mol. The van der Waals surface area contributed by atoms with Crippen molar-refractivity contribution in [1.82, 2.24) is 0 Å². The maximum atomic E-state index is 12.4. The third kappa shape index (κ3) is 6.24. The van der Waals surface area contributed by atoms with Crippen molar-refractivity contribution in [3.63, 3.8) is 0 Å². The van der Waals surface area contributed by atoms with Gasteiger partial charge in [-0.15, -0.1) is 0 Å². The molecule has 0 amide bonds. The fourth-order valence-corrected chi connectivity index (χ4v) is 2.27. The van der Waals surface area contributed by atoms with Crippen molar-refractivity contribution in [2.45, 2.75) is 57.6 Å². The Kier molecular flexibility index (Phi) is 6.52. The Labute approximate surface area is 113 Å². The summed E-state index contributed by atoms with van der Waals surface area (Å²) in [6.07, 6.45) is -6.24. The first kappa shape index (κ1) is 18.9. The van der Waals surface area contributed by atoms with Crippen molar-refractivity contribution in [2.24, 2.45) is 5.92 Å². The van der Waals surface area contributed by atoms with E-state index in [1.807, 2.05) is 33.9 Å². The third-order valence-electron chi connectivity index (χ3n) is 3.68. The largest absolute Gasteiger partial charge is 0.414 e. The summed E-state index contributed by atoms with van der Waals surface area (Å²) in [5, 5.41) is 18.3. The van der Waals surface area contributed by atoms with E-state index < -0.39 is 39.5 Å². The van der Waals surface area contributed by atoms with Gasteiger partial charge in [0.05, 0.1) is 25.2 Å². The highest BCUT2D eigenvalue weighted by Gasteiger charge is 2.41. The molecule has 19 heavy (non-hydrogen) atoms. The highest BCUT2D eigenvalue weighted by atomic mass is 28.4. The van der Waals surface area contributed by atoms with E-state index in [-0.39, 0.29) is 11.6 Å². The van der Waals surface area contributed by atoms with Crippen molar-refractivity contribution in [3.8, 4) is 0 Å². The van der Waals surface area contributed by atoms with Gasteiger partial charge in [-0.3, -0.25) is 0 Å². The average Bonchev–Trinajstić information content (AvgIpc) is 2.19. The van der Waals surface area contributed by atoms with Gasteiger partial charge in [-0.1, -0.05) is 20.8 Å². The first-order valence-corrected chi connectivity index (χ1v) is 9.21. The second kappa shape index (κ2) is 6.56. The lowest BCUT2D eigenvalue weighted by atomic mass is 10.0. The molecule has 0 radical (unpaired) electrons. The van der Waals surface area contributed by atoms with Gasteiger partial charge in [-0.05, 0) is 24.6 Å². The van der Waals surface area contributed by atoms with E-state index in [0.717, 1.165) is 0 Å². The summed E-state index contributed by atoms with van der Waals surface area (Å²) in [6.45, 7) is 8.83. The van der Waals surface area contributed by atoms with Gasteiger partial charge < -0.3 is 14.6 Å². The standard InChI is InChI=1S/C12H25F3O3Si/c1-11(2,3)19(4,5)18-8-10(17)6-9(7-16)12(13,14)15/h9-10,16-17H,6-8H2,1-5H3/t9-,10-/m0/s1. The van der Waals surface area contributed by atoms with E-state index in [1.165, 1.54) is 0 Å². The maximum absolute atomic E-state index is 12.4. The number of alkyl halides is 3. The Hall–Kier alpha value is -0.113. The molecule has 0 aliphatic carbocycles. The molecule has 0 aliphatic heterocycles. The zero-order valence-corrected chi connectivity index (χ0v) is 13.2. The first-order chi connectivity index (χ1) is 8.31. The molecular weight excluding hydrogens is 277 g/mol. The molecule has 0 spiro atoms. The van der Waals surface area contributed by atoms with Crippen LogP contribution in [0.2, 0.25) is 18.1 Å². The van der Waals surface area contributed by atoms with Gasteiger partial charge >= 0.3 is 6.18 Å². The molecule has 0 bridgehead atoms. The van der Waals surface area contributed by atoms with Crippen LogP contribution in [0.5, 0.6) is 0 Å². The molecule has 0 aromatic heterocycles. The smallest absolute Gasteiger partial charge is 0.394 e. The summed E-state index contributed by atoms with van der Waals surface area (Å²) in [6, 6.07) is 0. The lowest BCUT2D eigenvalue weighted by Crippen LogP contribution is -2.43. The van der Waals surface area contributed by atoms with Crippen LogP contribution in [0, 0.1) is 5.92 Å². The number of halogens is 3. The summed E-state index contributed by atoms with van der Waals surface area (Å²) in [7, 11) is -2.08. The molecule has 0 aromatic rings. The molecule has 0 saturated carbocycles. The van der Waals surface area contributed by atoms with Crippen LogP contribution in [0.3, 0.4) is 0 Å². The lowest BCUT2D eigenvalue weighted by Gasteiger charge is -2.37. The predicted molar refractivity (Wildman–Crippen MR) is 70.4 cm³/mol. The van der Waals surface area contributed by atoms with Crippen molar-refractivity contribution in [2.75, 3.05) is 13.2 Å². The molecular formula is C12H25F3O3Si. The summed E-state index contributed by atoms with van der Waals surface area (Å²) in [5.41, 5.74) is 0. The van der Waals surface area contributed by atoms with Gasteiger partial charge in [-0.2, -0.15) is 13.2 Å². The summed E-state index contributed by atoms with van der Waals surface area (Å²) < 4.78 is 43.0. The summed E-state index contributed by atoms with van der Waals surface area (Å²) >= 11 is 0. The molecule has 3 nitrogen and oxygen atoms in total. The molecule has 2 N–H and O–H groups in total. The van der Waals surface area contributed by atoms with Gasteiger partial charge in [0, 0.05) is 0 Å². The SMILES string of the molecule is CC(C)(C)[Si](C)(C)OC[C@@H](O)C[C@@H](CO)C(F)(F)F. The number of aliphatic hydroxyl groups excluding tert-OH is 2. The van der Waals surface area contributed by atoms with Crippen molar-refractivity contribution in [1.29, 1.82) is 0 Å². The van der Waals surface area contributed by atoms with Crippen molar-refractivity contribution in [3.05, 3.63) is 0 Å². The van der Waals surface area contributed by atoms with E-state index in [1.54, 1.807) is 0 Å². The van der Waals surface area contributed by atoms with Crippen molar-refractivity contribution < 1.29 is 27.8 Å². The molecule has 0 heterocycles. The first-order valence-electron chi connectivity index (χ1n) is 6.31. The molecule has 0 rings (SSSR count). The molecule has 0 aromatic carbocycles. The predicted octanol–water partition coefficient (Wildman–Crippen LogP) is 2.93. The van der Waals surface area contributed by atoms with Crippen LogP contribution in [-0.2, 0) is 4.43 Å². The minimum absolute atomic E-state index is 0.0624. The fourth-order valence-electron chi connectivity index (χ4n) is 1.23. The quantitative estimate of drug-likeness (QED) is 0.742. The van der Waals surface area contributed by atoms with E-state index in [0.29, 0.717) is 0 Å². The highest BCUT2D eigenvalue weighted by molar-refractivity contribution is 6.74. The number of hydrogen-bond acceptors (Lipinski definition) is 3. The molecule has 116 valence electrons. The van der Waals surface area contributed by atoms with Crippen LogP contribution in [0.15, 0.2) is 0 Å². The van der Waals surface area contributed by atoms with Gasteiger partial charge in [0.1, 0.15) is 0 Å². The second-order valence-electron chi connectivity index (χ2n) is 6.38. The molecule has 0 saturated heterocycles. The molecule has 0 unspecified atom stereocenters. The zero-order valence-electron chi connectivity index (χ0n) is 12.2. The van der Waals surface area contributed by atoms with Crippen LogP contribution < -0.4 is 0 Å². The average molecular weight is 302 g/mol. The van der Waals surface area contributed by atoms with Gasteiger partial charge in [0.15, 0.2) is 8.32 Å². The fraction of sp³-hybridized carbons (Fsp3) is 1.00. The van der Waals surface area contributed by atoms with Crippen LogP contribution in [0.25, 0.3) is 0 Å². The van der Waals surface area contributed by atoms with Crippen LogP contribution in [0.1, 0.15) is 27.2 Å². The number of hydrogen-bond donors (Lipinski definition) is 2. The normalized spacial score (nSPS) is 17.4. The van der Waals surface area contributed by atoms with Crippen LogP contribution in [-0.4, -0.2) is 44.0 Å². The van der Waals surface area contributed by atoms with E-state index in [9.17, 15) is 18.3 Å². The van der Waals surface area contributed by atoms with Gasteiger partial charge in [-0.25, -0.2) is 0 Å². The topological polar surface area (TPSA) is 49.7 Å². The molecule has 0 fully saturated rings. The van der Waals surface area contributed by atoms with Crippen LogP contribution in [0.4, 0.5) is 13.2 Å². The summed E-state index contributed by atoms with van der Waals surface area (Å²) in [4.78, 5) is 0. The summed E-state index contributed by atoms with van der Waals surface area (Å²) in [5.74, 6) is -1.90. The van der Waals surface area contributed by atoms with Gasteiger partial charge in [0.2, 0.25) is 0 Å². The lowest BCUT2D eigenvalue weighted by molar-refractivity contribution is -0.191. The maximum Gasteiger partial charge on any atom is 0.394 e. The Morgan fingerprint density at radius 1 is 1.16 bits per heavy atom. The number of aliphatic hydroxyl groups is 2. The van der Waals surface area contributed by atoms with Crippen molar-refractivity contribution >= 4 is 8.32 Å². The molecule has 0 aliphatic rings. The Bertz CT molecular complexity index is 274. The Morgan fingerprint density at radius 3 is 1.95 bits per heavy atom. The minimum Gasteiger partial charge on any atom is -0.414 e. The zero-order chi connectivity index (χ0) is 15.5.